The van der Waals surface area contributed by atoms with Gasteiger partial charge in [0.2, 0.25) is 5.91 Å². The van der Waals surface area contributed by atoms with Crippen LogP contribution in [-0.2, 0) is 9.53 Å². The minimum atomic E-state index is 0.0663. The average molecular weight is 376 g/mol. The van der Waals surface area contributed by atoms with Gasteiger partial charge in [0.1, 0.15) is 5.75 Å². The van der Waals surface area contributed by atoms with E-state index in [0.29, 0.717) is 43.5 Å². The van der Waals surface area contributed by atoms with Crippen molar-refractivity contribution < 1.29 is 19.1 Å². The van der Waals surface area contributed by atoms with Crippen LogP contribution in [0, 0.1) is 0 Å². The molecule has 6 heteroatoms. The summed E-state index contributed by atoms with van der Waals surface area (Å²) >= 11 is 0. The Morgan fingerprint density at radius 2 is 1.67 bits per heavy atom. The molecule has 2 unspecified atom stereocenters. The molecule has 150 valence electrons. The van der Waals surface area contributed by atoms with Gasteiger partial charge in [-0.1, -0.05) is 0 Å². The highest BCUT2D eigenvalue weighted by Crippen LogP contribution is 2.18. The Labute approximate surface area is 162 Å². The van der Waals surface area contributed by atoms with Crippen LogP contribution in [0.5, 0.6) is 5.75 Å². The van der Waals surface area contributed by atoms with Crippen molar-refractivity contribution >= 4 is 11.7 Å². The van der Waals surface area contributed by atoms with Crippen LogP contribution in [0.15, 0.2) is 24.3 Å². The first-order chi connectivity index (χ1) is 13.0. The van der Waals surface area contributed by atoms with E-state index in [1.165, 1.54) is 0 Å². The summed E-state index contributed by atoms with van der Waals surface area (Å²) in [5.41, 5.74) is 0.664. The molecule has 1 aromatic rings. The highest BCUT2D eigenvalue weighted by molar-refractivity contribution is 5.96. The Bertz CT molecular complexity index is 605. The SMILES string of the molecule is COCCN1C(C)CN(C(=O)CCCC(=O)c2ccc(OC)cc2)CC1C. The fraction of sp³-hybridized carbons (Fsp3) is 0.619. The first kappa shape index (κ1) is 21.4. The zero-order chi connectivity index (χ0) is 19.8. The maximum absolute atomic E-state index is 12.6. The number of nitrogens with zero attached hydrogens (tertiary/aromatic N) is 2. The third-order valence-corrected chi connectivity index (χ3v) is 5.21. The molecule has 0 N–H and O–H groups in total. The second kappa shape index (κ2) is 10.4. The van der Waals surface area contributed by atoms with Crippen molar-refractivity contribution in [3.8, 4) is 5.75 Å². The molecule has 1 amide bonds. The van der Waals surface area contributed by atoms with Crippen molar-refractivity contribution in [3.05, 3.63) is 29.8 Å². The first-order valence-corrected chi connectivity index (χ1v) is 9.66. The van der Waals surface area contributed by atoms with Crippen LogP contribution in [0.25, 0.3) is 0 Å². The van der Waals surface area contributed by atoms with Crippen molar-refractivity contribution in [1.29, 1.82) is 0 Å². The zero-order valence-corrected chi connectivity index (χ0v) is 16.9. The minimum Gasteiger partial charge on any atom is -0.497 e. The largest absolute Gasteiger partial charge is 0.497 e. The minimum absolute atomic E-state index is 0.0663. The first-order valence-electron chi connectivity index (χ1n) is 9.66. The van der Waals surface area contributed by atoms with Gasteiger partial charge in [-0.05, 0) is 44.5 Å². The summed E-state index contributed by atoms with van der Waals surface area (Å²) in [5.74, 6) is 0.939. The lowest BCUT2D eigenvalue weighted by Gasteiger charge is -2.44. The van der Waals surface area contributed by atoms with Crippen molar-refractivity contribution in [2.75, 3.05) is 40.5 Å². The molecule has 0 bridgehead atoms. The molecule has 2 atom stereocenters. The molecule has 0 radical (unpaired) electrons. The number of piperazine rings is 1. The summed E-state index contributed by atoms with van der Waals surface area (Å²) in [4.78, 5) is 29.2. The fourth-order valence-corrected chi connectivity index (χ4v) is 3.68. The molecule has 6 nitrogen and oxygen atoms in total. The summed E-state index contributed by atoms with van der Waals surface area (Å²) in [7, 11) is 3.31. The van der Waals surface area contributed by atoms with E-state index in [1.807, 2.05) is 4.90 Å². The maximum Gasteiger partial charge on any atom is 0.222 e. The van der Waals surface area contributed by atoms with Gasteiger partial charge in [0.15, 0.2) is 5.78 Å². The summed E-state index contributed by atoms with van der Waals surface area (Å²) in [6.45, 7) is 7.36. The zero-order valence-electron chi connectivity index (χ0n) is 16.9. The normalized spacial score (nSPS) is 20.5. The molecule has 1 aliphatic rings. The number of benzene rings is 1. The van der Waals surface area contributed by atoms with Gasteiger partial charge < -0.3 is 14.4 Å². The average Bonchev–Trinajstić information content (AvgIpc) is 2.67. The van der Waals surface area contributed by atoms with Crippen LogP contribution in [0.4, 0.5) is 0 Å². The van der Waals surface area contributed by atoms with E-state index in [9.17, 15) is 9.59 Å². The predicted molar refractivity (Wildman–Crippen MR) is 105 cm³/mol. The second-order valence-electron chi connectivity index (χ2n) is 7.23. The number of rotatable bonds is 9. The summed E-state index contributed by atoms with van der Waals surface area (Å²) in [6.07, 6.45) is 1.38. The topological polar surface area (TPSA) is 59.1 Å². The number of methoxy groups -OCH3 is 2. The van der Waals surface area contributed by atoms with Crippen LogP contribution < -0.4 is 4.74 Å². The molecule has 2 rings (SSSR count). The maximum atomic E-state index is 12.6. The quantitative estimate of drug-likeness (QED) is 0.620. The lowest BCUT2D eigenvalue weighted by Crippen LogP contribution is -2.58. The third kappa shape index (κ3) is 6.04. The molecule has 0 spiro atoms. The van der Waals surface area contributed by atoms with E-state index in [2.05, 4.69) is 18.7 Å². The Morgan fingerprint density at radius 1 is 1.04 bits per heavy atom. The van der Waals surface area contributed by atoms with Gasteiger partial charge >= 0.3 is 0 Å². The van der Waals surface area contributed by atoms with Gasteiger partial charge in [0.05, 0.1) is 13.7 Å². The molecule has 27 heavy (non-hydrogen) atoms. The van der Waals surface area contributed by atoms with Gasteiger partial charge in [-0.15, -0.1) is 0 Å². The summed E-state index contributed by atoms with van der Waals surface area (Å²) in [6, 6.07) is 7.73. The van der Waals surface area contributed by atoms with Crippen molar-refractivity contribution in [3.63, 3.8) is 0 Å². The van der Waals surface area contributed by atoms with Crippen molar-refractivity contribution in [2.45, 2.75) is 45.2 Å². The molecular weight excluding hydrogens is 344 g/mol. The van der Waals surface area contributed by atoms with Crippen LogP contribution >= 0.6 is 0 Å². The molecule has 1 aromatic carbocycles. The summed E-state index contributed by atoms with van der Waals surface area (Å²) < 4.78 is 10.3. The van der Waals surface area contributed by atoms with Gasteiger partial charge in [-0.2, -0.15) is 0 Å². The summed E-state index contributed by atoms with van der Waals surface area (Å²) in [5, 5.41) is 0. The van der Waals surface area contributed by atoms with Crippen LogP contribution in [0.3, 0.4) is 0 Å². The molecule has 0 aliphatic carbocycles. The third-order valence-electron chi connectivity index (χ3n) is 5.21. The Hall–Kier alpha value is -1.92. The molecule has 1 heterocycles. The molecule has 1 aliphatic heterocycles. The Kier molecular flexibility index (Phi) is 8.25. The number of ether oxygens (including phenoxy) is 2. The molecular formula is C21H32N2O4. The predicted octanol–water partition coefficient (Wildman–Crippen LogP) is 2.62. The van der Waals surface area contributed by atoms with E-state index in [4.69, 9.17) is 9.47 Å². The number of carbonyl (C=O) groups is 2. The van der Waals surface area contributed by atoms with Crippen molar-refractivity contribution in [2.24, 2.45) is 0 Å². The Morgan fingerprint density at radius 3 is 2.22 bits per heavy atom. The van der Waals surface area contributed by atoms with E-state index in [1.54, 1.807) is 38.5 Å². The van der Waals surface area contributed by atoms with Crippen LogP contribution in [-0.4, -0.2) is 74.0 Å². The van der Waals surface area contributed by atoms with E-state index in [0.717, 1.165) is 25.4 Å². The van der Waals surface area contributed by atoms with Gasteiger partial charge in [0.25, 0.3) is 0 Å². The van der Waals surface area contributed by atoms with E-state index >= 15 is 0 Å². The smallest absolute Gasteiger partial charge is 0.222 e. The van der Waals surface area contributed by atoms with Crippen molar-refractivity contribution in [1.82, 2.24) is 9.80 Å². The van der Waals surface area contributed by atoms with Crippen LogP contribution in [0.2, 0.25) is 0 Å². The lowest BCUT2D eigenvalue weighted by molar-refractivity contribution is -0.135. The number of hydrogen-bond acceptors (Lipinski definition) is 5. The molecule has 1 fully saturated rings. The Balaban J connectivity index is 1.77. The number of amides is 1. The number of Topliss-reactive ketones (excluding diaryl/α,β-unsaturated/α-hetero) is 1. The number of ketones is 1. The van der Waals surface area contributed by atoms with Gasteiger partial charge in [-0.25, -0.2) is 0 Å². The van der Waals surface area contributed by atoms with Gasteiger partial charge in [-0.3, -0.25) is 14.5 Å². The standard InChI is InChI=1S/C21H32N2O4/c1-16-14-22(15-17(2)23(16)12-13-26-3)21(25)7-5-6-20(24)18-8-10-19(27-4)11-9-18/h8-11,16-17H,5-7,12-15H2,1-4H3. The van der Waals surface area contributed by atoms with E-state index in [-0.39, 0.29) is 11.7 Å². The lowest BCUT2D eigenvalue weighted by atomic mass is 10.0. The molecule has 0 saturated carbocycles. The fourth-order valence-electron chi connectivity index (χ4n) is 3.68. The monoisotopic (exact) mass is 376 g/mol. The second-order valence-corrected chi connectivity index (χ2v) is 7.23. The van der Waals surface area contributed by atoms with Gasteiger partial charge in [0, 0.05) is 57.2 Å². The highest BCUT2D eigenvalue weighted by Gasteiger charge is 2.31. The molecule has 0 aromatic heterocycles. The van der Waals surface area contributed by atoms with E-state index < -0.39 is 0 Å². The highest BCUT2D eigenvalue weighted by atomic mass is 16.5. The molecule has 1 saturated heterocycles. The number of carbonyl (C=O) groups excluding carboxylic acids is 2. The van der Waals surface area contributed by atoms with Crippen LogP contribution in [0.1, 0.15) is 43.5 Å². The number of hydrogen-bond donors (Lipinski definition) is 0.